The first-order chi connectivity index (χ1) is 5.14. The molecular weight excluding hydrogens is 152 g/mol. The van der Waals surface area contributed by atoms with Crippen LogP contribution in [-0.4, -0.2) is 6.26 Å². The Morgan fingerprint density at radius 3 is 2.82 bits per heavy atom. The fourth-order valence-corrected chi connectivity index (χ4v) is 1.72. The minimum atomic E-state index is 0.397. The molecule has 0 atom stereocenters. The zero-order valence-corrected chi connectivity index (χ0v) is 8.37. The summed E-state index contributed by atoms with van der Waals surface area (Å²) in [5.74, 6) is 0. The lowest BCUT2D eigenvalue weighted by Gasteiger charge is -2.18. The van der Waals surface area contributed by atoms with Crippen molar-refractivity contribution in [3.8, 4) is 0 Å². The maximum Gasteiger partial charge on any atom is -0.0140 e. The lowest BCUT2D eigenvalue weighted by Crippen LogP contribution is -2.05. The fourth-order valence-electron chi connectivity index (χ4n) is 1.20. The summed E-state index contributed by atoms with van der Waals surface area (Å²) in [7, 11) is 0. The normalized spacial score (nSPS) is 22.6. The van der Waals surface area contributed by atoms with Gasteiger partial charge in [-0.1, -0.05) is 32.1 Å². The third-order valence-corrected chi connectivity index (χ3v) is 2.97. The predicted octanol–water partition coefficient (Wildman–Crippen LogP) is 3.61. The third kappa shape index (κ3) is 2.74. The van der Waals surface area contributed by atoms with Crippen LogP contribution in [0.2, 0.25) is 0 Å². The number of allylic oxidation sites excluding steroid dienone is 4. The fraction of sp³-hybridized carbons (Fsp3) is 0.600. The Bertz CT molecular complexity index is 187. The molecule has 0 unspecified atom stereocenters. The molecule has 0 heterocycles. The van der Waals surface area contributed by atoms with E-state index in [2.05, 4.69) is 38.3 Å². The molecule has 0 radical (unpaired) electrons. The topological polar surface area (TPSA) is 0 Å². The molecule has 0 saturated carbocycles. The molecule has 0 aromatic heterocycles. The van der Waals surface area contributed by atoms with Crippen LogP contribution in [0.5, 0.6) is 0 Å². The summed E-state index contributed by atoms with van der Waals surface area (Å²) < 4.78 is 0. The first-order valence-electron chi connectivity index (χ1n) is 4.06. The molecule has 0 amide bonds. The maximum absolute atomic E-state index is 2.30. The largest absolute Gasteiger partial charge is 0.134 e. The maximum atomic E-state index is 2.30. The van der Waals surface area contributed by atoms with Crippen LogP contribution in [0.15, 0.2) is 23.1 Å². The van der Waals surface area contributed by atoms with Crippen LogP contribution >= 0.6 is 11.8 Å². The highest BCUT2D eigenvalue weighted by Gasteiger charge is 2.15. The second kappa shape index (κ2) is 3.48. The quantitative estimate of drug-likeness (QED) is 0.576. The van der Waals surface area contributed by atoms with Gasteiger partial charge in [-0.05, 0) is 29.4 Å². The van der Waals surface area contributed by atoms with Gasteiger partial charge in [-0.25, -0.2) is 0 Å². The molecule has 1 heteroatoms. The van der Waals surface area contributed by atoms with E-state index in [-0.39, 0.29) is 0 Å². The third-order valence-electron chi connectivity index (χ3n) is 2.11. The van der Waals surface area contributed by atoms with E-state index >= 15 is 0 Å². The zero-order chi connectivity index (χ0) is 8.32. The standard InChI is InChI=1S/C10H16S/c1-10(2)7-4-5-9(11-3)6-8-10/h4-5,7H,6,8H2,1-3H3. The Morgan fingerprint density at radius 1 is 1.45 bits per heavy atom. The molecule has 0 saturated heterocycles. The van der Waals surface area contributed by atoms with E-state index in [1.807, 2.05) is 11.8 Å². The monoisotopic (exact) mass is 168 g/mol. The van der Waals surface area contributed by atoms with E-state index < -0.39 is 0 Å². The van der Waals surface area contributed by atoms with Gasteiger partial charge in [-0.2, -0.15) is 0 Å². The van der Waals surface area contributed by atoms with Gasteiger partial charge in [0.2, 0.25) is 0 Å². The number of thioether (sulfide) groups is 1. The van der Waals surface area contributed by atoms with Crippen LogP contribution in [0.1, 0.15) is 26.7 Å². The van der Waals surface area contributed by atoms with Crippen LogP contribution < -0.4 is 0 Å². The molecule has 0 bridgehead atoms. The van der Waals surface area contributed by atoms with Crippen molar-refractivity contribution in [2.24, 2.45) is 5.41 Å². The highest BCUT2D eigenvalue weighted by atomic mass is 32.2. The number of hydrogen-bond donors (Lipinski definition) is 0. The Labute approximate surface area is 73.8 Å². The number of rotatable bonds is 1. The Hall–Kier alpha value is -0.170. The Morgan fingerprint density at radius 2 is 2.18 bits per heavy atom. The van der Waals surface area contributed by atoms with Gasteiger partial charge < -0.3 is 0 Å². The van der Waals surface area contributed by atoms with Crippen LogP contribution in [0.4, 0.5) is 0 Å². The van der Waals surface area contributed by atoms with E-state index in [1.165, 1.54) is 17.7 Å². The molecule has 62 valence electrons. The molecule has 1 rings (SSSR count). The highest BCUT2D eigenvalue weighted by molar-refractivity contribution is 8.02. The van der Waals surface area contributed by atoms with Gasteiger partial charge in [0.05, 0.1) is 0 Å². The summed E-state index contributed by atoms with van der Waals surface area (Å²) in [6, 6.07) is 0. The highest BCUT2D eigenvalue weighted by Crippen LogP contribution is 2.31. The van der Waals surface area contributed by atoms with Gasteiger partial charge in [0.1, 0.15) is 0 Å². The summed E-state index contributed by atoms with van der Waals surface area (Å²) >= 11 is 1.87. The summed E-state index contributed by atoms with van der Waals surface area (Å²) in [6.45, 7) is 4.58. The molecule has 0 aromatic rings. The summed E-state index contributed by atoms with van der Waals surface area (Å²) in [6.07, 6.45) is 11.4. The molecule has 11 heavy (non-hydrogen) atoms. The minimum Gasteiger partial charge on any atom is -0.134 e. The average Bonchev–Trinajstić information content (AvgIpc) is 2.10. The van der Waals surface area contributed by atoms with Gasteiger partial charge in [0.15, 0.2) is 0 Å². The molecular formula is C10H16S. The van der Waals surface area contributed by atoms with Gasteiger partial charge in [0.25, 0.3) is 0 Å². The van der Waals surface area contributed by atoms with E-state index in [1.54, 1.807) is 0 Å². The molecule has 0 spiro atoms. The van der Waals surface area contributed by atoms with E-state index in [0.717, 1.165) is 0 Å². The van der Waals surface area contributed by atoms with Gasteiger partial charge in [-0.3, -0.25) is 0 Å². The minimum absolute atomic E-state index is 0.397. The summed E-state index contributed by atoms with van der Waals surface area (Å²) in [5, 5.41) is 0. The first-order valence-corrected chi connectivity index (χ1v) is 5.29. The Kier molecular flexibility index (Phi) is 2.83. The van der Waals surface area contributed by atoms with Crippen LogP contribution in [0.25, 0.3) is 0 Å². The van der Waals surface area contributed by atoms with Gasteiger partial charge >= 0.3 is 0 Å². The second-order valence-corrected chi connectivity index (χ2v) is 4.62. The lowest BCUT2D eigenvalue weighted by molar-refractivity contribution is 0.444. The van der Waals surface area contributed by atoms with Crippen molar-refractivity contribution in [3.63, 3.8) is 0 Å². The zero-order valence-electron chi connectivity index (χ0n) is 7.55. The van der Waals surface area contributed by atoms with Crippen molar-refractivity contribution in [2.45, 2.75) is 26.7 Å². The Balaban J connectivity index is 2.63. The number of hydrogen-bond acceptors (Lipinski definition) is 1. The van der Waals surface area contributed by atoms with Gasteiger partial charge in [-0.15, -0.1) is 11.8 Å². The van der Waals surface area contributed by atoms with Crippen LogP contribution in [-0.2, 0) is 0 Å². The predicted molar refractivity (Wildman–Crippen MR) is 53.8 cm³/mol. The summed E-state index contributed by atoms with van der Waals surface area (Å²) in [5.41, 5.74) is 0.397. The summed E-state index contributed by atoms with van der Waals surface area (Å²) in [4.78, 5) is 1.51. The molecule has 1 aliphatic rings. The SMILES string of the molecule is CSC1=CC=CC(C)(C)CC1. The molecule has 0 nitrogen and oxygen atoms in total. The molecule has 1 aliphatic carbocycles. The van der Waals surface area contributed by atoms with Crippen molar-refractivity contribution >= 4 is 11.8 Å². The van der Waals surface area contributed by atoms with Crippen molar-refractivity contribution in [3.05, 3.63) is 23.1 Å². The van der Waals surface area contributed by atoms with Crippen molar-refractivity contribution in [1.29, 1.82) is 0 Å². The van der Waals surface area contributed by atoms with Crippen LogP contribution in [0.3, 0.4) is 0 Å². The van der Waals surface area contributed by atoms with E-state index in [9.17, 15) is 0 Å². The molecule has 0 aliphatic heterocycles. The average molecular weight is 168 g/mol. The van der Waals surface area contributed by atoms with Crippen molar-refractivity contribution in [1.82, 2.24) is 0 Å². The first kappa shape index (κ1) is 8.92. The van der Waals surface area contributed by atoms with Crippen LogP contribution in [0, 0.1) is 5.41 Å². The van der Waals surface area contributed by atoms with E-state index in [0.29, 0.717) is 5.41 Å². The van der Waals surface area contributed by atoms with E-state index in [4.69, 9.17) is 0 Å². The van der Waals surface area contributed by atoms with Crippen molar-refractivity contribution < 1.29 is 0 Å². The lowest BCUT2D eigenvalue weighted by atomic mass is 9.88. The second-order valence-electron chi connectivity index (χ2n) is 3.68. The van der Waals surface area contributed by atoms with Crippen molar-refractivity contribution in [2.75, 3.05) is 6.26 Å². The smallest absolute Gasteiger partial charge is 0.0140 e. The van der Waals surface area contributed by atoms with Gasteiger partial charge in [0, 0.05) is 0 Å². The molecule has 0 aromatic carbocycles. The molecule has 0 N–H and O–H groups in total. The molecule has 0 fully saturated rings.